The number of ether oxygens (including phenoxy) is 1. The molecule has 0 amide bonds. The maximum atomic E-state index is 10.5. The van der Waals surface area contributed by atoms with Crippen molar-refractivity contribution < 1.29 is 17.7 Å². The molecule has 2 aromatic carbocycles. The second-order valence-corrected chi connectivity index (χ2v) is 7.12. The maximum absolute atomic E-state index is 10.5. The number of benzene rings is 2. The van der Waals surface area contributed by atoms with E-state index in [-0.39, 0.29) is 4.90 Å². The SMILES string of the molecule is CCN(CCOC)c1cccc(C)c1.Cc1ccc(S(=O)(=O)O)cc1. The largest absolute Gasteiger partial charge is 0.383 e. The van der Waals surface area contributed by atoms with Crippen molar-refractivity contribution >= 4 is 15.8 Å². The van der Waals surface area contributed by atoms with Gasteiger partial charge in [-0.05, 0) is 50.6 Å². The highest BCUT2D eigenvalue weighted by molar-refractivity contribution is 7.85. The Hall–Kier alpha value is -1.89. The van der Waals surface area contributed by atoms with E-state index in [0.29, 0.717) is 0 Å². The number of rotatable bonds is 6. The van der Waals surface area contributed by atoms with Crippen LogP contribution in [0.25, 0.3) is 0 Å². The first kappa shape index (κ1) is 21.2. The van der Waals surface area contributed by atoms with Crippen molar-refractivity contribution in [3.8, 4) is 0 Å². The van der Waals surface area contributed by atoms with Crippen LogP contribution in [0.1, 0.15) is 18.1 Å². The second kappa shape index (κ2) is 10.2. The highest BCUT2D eigenvalue weighted by Crippen LogP contribution is 2.15. The molecule has 0 heterocycles. The lowest BCUT2D eigenvalue weighted by molar-refractivity contribution is 0.205. The van der Waals surface area contributed by atoms with Gasteiger partial charge in [0.1, 0.15) is 0 Å². The molecule has 0 aliphatic heterocycles. The first-order chi connectivity index (χ1) is 11.8. The van der Waals surface area contributed by atoms with Crippen molar-refractivity contribution in [3.63, 3.8) is 0 Å². The molecule has 2 aromatic rings. The van der Waals surface area contributed by atoms with Crippen LogP contribution in [0.2, 0.25) is 0 Å². The van der Waals surface area contributed by atoms with Crippen molar-refractivity contribution in [2.45, 2.75) is 25.7 Å². The summed E-state index contributed by atoms with van der Waals surface area (Å²) in [6, 6.07) is 14.6. The number of methoxy groups -OCH3 is 1. The van der Waals surface area contributed by atoms with Crippen LogP contribution in [0, 0.1) is 13.8 Å². The van der Waals surface area contributed by atoms with Crippen molar-refractivity contribution in [1.82, 2.24) is 0 Å². The fraction of sp³-hybridized carbons (Fsp3) is 0.368. The number of anilines is 1. The molecule has 2 rings (SSSR count). The van der Waals surface area contributed by atoms with Gasteiger partial charge < -0.3 is 9.64 Å². The zero-order chi connectivity index (χ0) is 18.9. The summed E-state index contributed by atoms with van der Waals surface area (Å²) in [4.78, 5) is 2.25. The Morgan fingerprint density at radius 3 is 2.16 bits per heavy atom. The van der Waals surface area contributed by atoms with Crippen molar-refractivity contribution in [1.29, 1.82) is 0 Å². The molecular weight excluding hydrogens is 338 g/mol. The Morgan fingerprint density at radius 2 is 1.68 bits per heavy atom. The smallest absolute Gasteiger partial charge is 0.294 e. The van der Waals surface area contributed by atoms with Gasteiger partial charge in [-0.2, -0.15) is 8.42 Å². The van der Waals surface area contributed by atoms with Crippen LogP contribution in [0.5, 0.6) is 0 Å². The lowest BCUT2D eigenvalue weighted by Crippen LogP contribution is -2.26. The van der Waals surface area contributed by atoms with Crippen molar-refractivity contribution in [2.24, 2.45) is 0 Å². The van der Waals surface area contributed by atoms with Crippen LogP contribution in [-0.4, -0.2) is 39.8 Å². The summed E-state index contributed by atoms with van der Waals surface area (Å²) in [6.07, 6.45) is 0. The van der Waals surface area contributed by atoms with Crippen LogP contribution in [0.3, 0.4) is 0 Å². The fourth-order valence-electron chi connectivity index (χ4n) is 2.21. The third kappa shape index (κ3) is 7.69. The van der Waals surface area contributed by atoms with E-state index in [1.165, 1.54) is 23.4 Å². The molecule has 0 aromatic heterocycles. The Balaban J connectivity index is 0.000000257. The monoisotopic (exact) mass is 365 g/mol. The van der Waals surface area contributed by atoms with Crippen molar-refractivity contribution in [2.75, 3.05) is 31.7 Å². The molecular formula is C19H27NO4S. The molecule has 6 heteroatoms. The molecule has 0 saturated heterocycles. The molecule has 5 nitrogen and oxygen atoms in total. The van der Waals surface area contributed by atoms with Crippen molar-refractivity contribution in [3.05, 3.63) is 59.7 Å². The van der Waals surface area contributed by atoms with Gasteiger partial charge in [0.25, 0.3) is 10.1 Å². The third-order valence-corrected chi connectivity index (χ3v) is 4.50. The normalized spacial score (nSPS) is 10.8. The first-order valence-corrected chi connectivity index (χ1v) is 9.56. The van der Waals surface area contributed by atoms with Gasteiger partial charge in [0.15, 0.2) is 0 Å². The first-order valence-electron chi connectivity index (χ1n) is 8.12. The van der Waals surface area contributed by atoms with E-state index in [4.69, 9.17) is 9.29 Å². The maximum Gasteiger partial charge on any atom is 0.294 e. The average Bonchev–Trinajstić information content (AvgIpc) is 2.56. The third-order valence-electron chi connectivity index (χ3n) is 3.63. The Bertz CT molecular complexity index is 742. The van der Waals surface area contributed by atoms with E-state index in [2.05, 4.69) is 43.0 Å². The molecule has 0 aliphatic rings. The molecule has 25 heavy (non-hydrogen) atoms. The van der Waals surface area contributed by atoms with E-state index in [1.54, 1.807) is 19.2 Å². The topological polar surface area (TPSA) is 66.8 Å². The number of hydrogen-bond donors (Lipinski definition) is 1. The Kier molecular flexibility index (Phi) is 8.61. The van der Waals surface area contributed by atoms with E-state index in [0.717, 1.165) is 25.3 Å². The average molecular weight is 365 g/mol. The second-order valence-electron chi connectivity index (χ2n) is 5.70. The van der Waals surface area contributed by atoms with Crippen LogP contribution < -0.4 is 4.90 Å². The molecule has 0 fully saturated rings. The molecule has 0 spiro atoms. The minimum absolute atomic E-state index is 0.0666. The standard InChI is InChI=1S/C12H19NO.C7H8O3S/c1-4-13(8-9-14-3)12-7-5-6-11(2)10-12;1-6-2-4-7(5-3-6)11(8,9)10/h5-7,10H,4,8-9H2,1-3H3;2-5H,1H3,(H,8,9,10). The van der Waals surface area contributed by atoms with Crippen LogP contribution in [0.15, 0.2) is 53.4 Å². The fourth-order valence-corrected chi connectivity index (χ4v) is 2.69. The summed E-state index contributed by atoms with van der Waals surface area (Å²) in [5.74, 6) is 0. The Morgan fingerprint density at radius 1 is 1.04 bits per heavy atom. The number of nitrogens with zero attached hydrogens (tertiary/aromatic N) is 1. The van der Waals surface area contributed by atoms with Crippen LogP contribution >= 0.6 is 0 Å². The van der Waals surface area contributed by atoms with Gasteiger partial charge in [0, 0.05) is 25.9 Å². The predicted octanol–water partition coefficient (Wildman–Crippen LogP) is 3.71. The number of likely N-dealkylation sites (N-methyl/N-ethyl adjacent to an activating group) is 1. The summed E-state index contributed by atoms with van der Waals surface area (Å²) in [7, 11) is -2.28. The van der Waals surface area contributed by atoms with Gasteiger partial charge in [0.2, 0.25) is 0 Å². The molecule has 0 radical (unpaired) electrons. The molecule has 0 saturated carbocycles. The van der Waals surface area contributed by atoms with Gasteiger partial charge in [-0.25, -0.2) is 0 Å². The summed E-state index contributed by atoms with van der Waals surface area (Å²) >= 11 is 0. The van der Waals surface area contributed by atoms with Gasteiger partial charge in [-0.3, -0.25) is 4.55 Å². The van der Waals surface area contributed by atoms with E-state index in [1.807, 2.05) is 6.92 Å². The predicted molar refractivity (Wildman–Crippen MR) is 102 cm³/mol. The molecule has 0 aliphatic carbocycles. The summed E-state index contributed by atoms with van der Waals surface area (Å²) < 4.78 is 34.6. The van der Waals surface area contributed by atoms with E-state index >= 15 is 0 Å². The summed E-state index contributed by atoms with van der Waals surface area (Å²) in [5, 5.41) is 0. The highest BCUT2D eigenvalue weighted by atomic mass is 32.2. The quantitative estimate of drug-likeness (QED) is 0.791. The summed E-state index contributed by atoms with van der Waals surface area (Å²) in [6.45, 7) is 8.88. The van der Waals surface area contributed by atoms with Crippen LogP contribution in [-0.2, 0) is 14.9 Å². The molecule has 0 unspecified atom stereocenters. The zero-order valence-corrected chi connectivity index (χ0v) is 16.1. The van der Waals surface area contributed by atoms with E-state index in [9.17, 15) is 8.42 Å². The van der Waals surface area contributed by atoms with Gasteiger partial charge in [-0.1, -0.05) is 29.8 Å². The molecule has 0 atom stereocenters. The molecule has 1 N–H and O–H groups in total. The number of hydrogen-bond acceptors (Lipinski definition) is 4. The van der Waals surface area contributed by atoms with Gasteiger partial charge >= 0.3 is 0 Å². The number of aryl methyl sites for hydroxylation is 2. The molecule has 0 bridgehead atoms. The van der Waals surface area contributed by atoms with Gasteiger partial charge in [0.05, 0.1) is 11.5 Å². The molecule has 138 valence electrons. The van der Waals surface area contributed by atoms with Gasteiger partial charge in [-0.15, -0.1) is 0 Å². The van der Waals surface area contributed by atoms with Crippen LogP contribution in [0.4, 0.5) is 5.69 Å². The minimum atomic E-state index is -4.02. The lowest BCUT2D eigenvalue weighted by Gasteiger charge is -2.22. The van der Waals surface area contributed by atoms with E-state index < -0.39 is 10.1 Å². The highest BCUT2D eigenvalue weighted by Gasteiger charge is 2.06. The summed E-state index contributed by atoms with van der Waals surface area (Å²) in [5.41, 5.74) is 3.54. The zero-order valence-electron chi connectivity index (χ0n) is 15.3. The Labute approximate surface area is 151 Å². The minimum Gasteiger partial charge on any atom is -0.383 e. The lowest BCUT2D eigenvalue weighted by atomic mass is 10.2.